The molecule has 15 heavy (non-hydrogen) atoms. The molecule has 2 rings (SSSR count). The lowest BCUT2D eigenvalue weighted by Crippen LogP contribution is -2.11. The third-order valence-electron chi connectivity index (χ3n) is 2.45. The lowest BCUT2D eigenvalue weighted by Gasteiger charge is -2.10. The molecule has 0 spiro atoms. The molecule has 0 saturated carbocycles. The number of thiophene rings is 1. The van der Waals surface area contributed by atoms with E-state index in [2.05, 4.69) is 6.07 Å². The molecule has 0 bridgehead atoms. The summed E-state index contributed by atoms with van der Waals surface area (Å²) in [4.78, 5) is 12.3. The van der Waals surface area contributed by atoms with Crippen molar-refractivity contribution >= 4 is 27.9 Å². The van der Waals surface area contributed by atoms with Crippen molar-refractivity contribution in [2.45, 2.75) is 23.5 Å². The van der Waals surface area contributed by atoms with Crippen LogP contribution < -0.4 is 0 Å². The highest BCUT2D eigenvalue weighted by Gasteiger charge is 2.27. The van der Waals surface area contributed by atoms with Gasteiger partial charge in [0, 0.05) is 18.2 Å². The van der Waals surface area contributed by atoms with Gasteiger partial charge in [0.15, 0.2) is 5.78 Å². The lowest BCUT2D eigenvalue weighted by molar-refractivity contribution is 0.0970. The maximum Gasteiger partial charge on any atom is 0.165 e. The van der Waals surface area contributed by atoms with Crippen molar-refractivity contribution in [3.63, 3.8) is 0 Å². The smallest absolute Gasteiger partial charge is 0.165 e. The Morgan fingerprint density at radius 1 is 1.47 bits per heavy atom. The van der Waals surface area contributed by atoms with E-state index in [4.69, 9.17) is 5.26 Å². The highest BCUT2D eigenvalue weighted by molar-refractivity contribution is 7.86. The summed E-state index contributed by atoms with van der Waals surface area (Å²) in [5.74, 6) is 0.0409. The van der Waals surface area contributed by atoms with Crippen LogP contribution in [0.2, 0.25) is 0 Å². The van der Waals surface area contributed by atoms with Gasteiger partial charge in [-0.25, -0.2) is 0 Å². The monoisotopic (exact) mass is 239 g/mol. The molecule has 0 fully saturated rings. The number of Topliss-reactive ketones (excluding diaryl/α,β-unsaturated/α-hetero) is 1. The summed E-state index contributed by atoms with van der Waals surface area (Å²) >= 11 is 1.21. The SMILES string of the molecule is CS(=O)c1sc(C#N)c2c1C(=O)CCC2. The van der Waals surface area contributed by atoms with E-state index >= 15 is 0 Å². The average Bonchev–Trinajstić information content (AvgIpc) is 2.58. The highest BCUT2D eigenvalue weighted by atomic mass is 32.2. The molecule has 1 heterocycles. The van der Waals surface area contributed by atoms with Crippen LogP contribution in [-0.4, -0.2) is 16.2 Å². The molecule has 78 valence electrons. The summed E-state index contributed by atoms with van der Waals surface area (Å²) < 4.78 is 12.0. The van der Waals surface area contributed by atoms with Gasteiger partial charge >= 0.3 is 0 Å². The molecular weight excluding hydrogens is 230 g/mol. The highest BCUT2D eigenvalue weighted by Crippen LogP contribution is 2.35. The number of carbonyl (C=O) groups is 1. The maximum absolute atomic E-state index is 11.7. The number of hydrogen-bond donors (Lipinski definition) is 0. The molecular formula is C10H9NO2S2. The molecule has 3 nitrogen and oxygen atoms in total. The van der Waals surface area contributed by atoms with Crippen molar-refractivity contribution in [3.8, 4) is 6.07 Å². The van der Waals surface area contributed by atoms with E-state index in [1.165, 1.54) is 11.3 Å². The predicted octanol–water partition coefficient (Wildman–Crippen LogP) is 1.88. The minimum Gasteiger partial charge on any atom is -0.294 e. The van der Waals surface area contributed by atoms with Gasteiger partial charge in [0.2, 0.25) is 0 Å². The number of carbonyl (C=O) groups excluding carboxylic acids is 1. The fraction of sp³-hybridized carbons (Fsp3) is 0.400. The first kappa shape index (κ1) is 10.5. The molecule has 0 amide bonds. The van der Waals surface area contributed by atoms with Gasteiger partial charge in [-0.3, -0.25) is 9.00 Å². The molecule has 1 aromatic heterocycles. The Hall–Kier alpha value is -0.990. The lowest BCUT2D eigenvalue weighted by atomic mass is 9.93. The van der Waals surface area contributed by atoms with Gasteiger partial charge in [-0.2, -0.15) is 5.26 Å². The molecule has 1 aromatic rings. The molecule has 0 radical (unpaired) electrons. The van der Waals surface area contributed by atoms with Crippen LogP contribution in [0.4, 0.5) is 0 Å². The van der Waals surface area contributed by atoms with Gasteiger partial charge in [-0.05, 0) is 18.4 Å². The van der Waals surface area contributed by atoms with E-state index in [0.717, 1.165) is 18.4 Å². The van der Waals surface area contributed by atoms with Crippen molar-refractivity contribution in [2.75, 3.05) is 6.26 Å². The first-order valence-electron chi connectivity index (χ1n) is 4.57. The standard InChI is InChI=1S/C10H9NO2S2/c1-15(13)10-9-6(8(5-11)14-10)3-2-4-7(9)12/h2-4H2,1H3. The zero-order valence-electron chi connectivity index (χ0n) is 8.20. The topological polar surface area (TPSA) is 57.9 Å². The van der Waals surface area contributed by atoms with Crippen LogP contribution in [0.15, 0.2) is 4.21 Å². The quantitative estimate of drug-likeness (QED) is 0.751. The zero-order chi connectivity index (χ0) is 11.0. The van der Waals surface area contributed by atoms with E-state index in [1.807, 2.05) is 0 Å². The Morgan fingerprint density at radius 2 is 2.20 bits per heavy atom. The Balaban J connectivity index is 2.70. The number of hydrogen-bond acceptors (Lipinski definition) is 4. The van der Waals surface area contributed by atoms with Gasteiger partial charge in [0.1, 0.15) is 15.2 Å². The second-order valence-corrected chi connectivity index (χ2v) is 6.01. The molecule has 0 aliphatic heterocycles. The molecule has 5 heteroatoms. The van der Waals surface area contributed by atoms with Crippen LogP contribution in [0.5, 0.6) is 0 Å². The summed E-state index contributed by atoms with van der Waals surface area (Å²) in [6.45, 7) is 0. The van der Waals surface area contributed by atoms with Crippen molar-refractivity contribution in [1.82, 2.24) is 0 Å². The van der Waals surface area contributed by atoms with Crippen LogP contribution >= 0.6 is 11.3 Å². The number of rotatable bonds is 1. The predicted molar refractivity (Wildman–Crippen MR) is 58.6 cm³/mol. The number of nitriles is 1. The number of ketones is 1. The average molecular weight is 239 g/mol. The summed E-state index contributed by atoms with van der Waals surface area (Å²) in [5, 5.41) is 8.93. The van der Waals surface area contributed by atoms with E-state index < -0.39 is 10.8 Å². The first-order chi connectivity index (χ1) is 7.15. The molecule has 1 unspecified atom stereocenters. The van der Waals surface area contributed by atoms with Crippen molar-refractivity contribution < 1.29 is 9.00 Å². The molecule has 0 saturated heterocycles. The number of fused-ring (bicyclic) bond motifs is 1. The Bertz CT molecular complexity index is 496. The molecule has 0 aromatic carbocycles. The van der Waals surface area contributed by atoms with Crippen LogP contribution in [-0.2, 0) is 17.2 Å². The van der Waals surface area contributed by atoms with E-state index in [9.17, 15) is 9.00 Å². The fourth-order valence-electron chi connectivity index (χ4n) is 1.81. The Kier molecular flexibility index (Phi) is 2.72. The van der Waals surface area contributed by atoms with Gasteiger partial charge < -0.3 is 0 Å². The second-order valence-electron chi connectivity index (χ2n) is 3.41. The van der Waals surface area contributed by atoms with Crippen molar-refractivity contribution in [3.05, 3.63) is 16.0 Å². The van der Waals surface area contributed by atoms with Gasteiger partial charge in [0.25, 0.3) is 0 Å². The second kappa shape index (κ2) is 3.87. The van der Waals surface area contributed by atoms with Crippen LogP contribution in [0.25, 0.3) is 0 Å². The summed E-state index contributed by atoms with van der Waals surface area (Å²) in [5.41, 5.74) is 1.40. The largest absolute Gasteiger partial charge is 0.294 e. The number of nitrogens with zero attached hydrogens (tertiary/aromatic N) is 1. The summed E-state index contributed by atoms with van der Waals surface area (Å²) in [7, 11) is -1.17. The van der Waals surface area contributed by atoms with Crippen molar-refractivity contribution in [1.29, 1.82) is 5.26 Å². The molecule has 1 atom stereocenters. The minimum absolute atomic E-state index is 0.0409. The molecule has 1 aliphatic rings. The van der Waals surface area contributed by atoms with Gasteiger partial charge in [0.05, 0.1) is 10.8 Å². The third-order valence-corrected chi connectivity index (χ3v) is 5.06. The fourth-order valence-corrected chi connectivity index (χ4v) is 3.95. The maximum atomic E-state index is 11.7. The van der Waals surface area contributed by atoms with Crippen molar-refractivity contribution in [2.24, 2.45) is 0 Å². The Morgan fingerprint density at radius 3 is 2.80 bits per heavy atom. The molecule has 0 N–H and O–H groups in total. The minimum atomic E-state index is -1.17. The van der Waals surface area contributed by atoms with Crippen LogP contribution in [0.1, 0.15) is 33.6 Å². The van der Waals surface area contributed by atoms with Gasteiger partial charge in [-0.1, -0.05) is 0 Å². The third kappa shape index (κ3) is 1.64. The first-order valence-corrected chi connectivity index (χ1v) is 6.95. The Labute approximate surface area is 94.2 Å². The van der Waals surface area contributed by atoms with E-state index in [1.54, 1.807) is 6.26 Å². The normalized spacial score (nSPS) is 16.9. The van der Waals surface area contributed by atoms with Crippen LogP contribution in [0, 0.1) is 11.3 Å². The molecule has 1 aliphatic carbocycles. The van der Waals surface area contributed by atoms with E-state index in [0.29, 0.717) is 21.1 Å². The van der Waals surface area contributed by atoms with Crippen LogP contribution in [0.3, 0.4) is 0 Å². The summed E-state index contributed by atoms with van der Waals surface area (Å²) in [6, 6.07) is 2.08. The van der Waals surface area contributed by atoms with Gasteiger partial charge in [-0.15, -0.1) is 11.3 Å². The van der Waals surface area contributed by atoms with E-state index in [-0.39, 0.29) is 5.78 Å². The zero-order valence-corrected chi connectivity index (χ0v) is 9.83. The summed E-state index contributed by atoms with van der Waals surface area (Å²) in [6.07, 6.45) is 3.62.